The van der Waals surface area contributed by atoms with Crippen LogP contribution in [0.15, 0.2) is 64.6 Å². The van der Waals surface area contributed by atoms with Crippen molar-refractivity contribution in [2.24, 2.45) is 23.7 Å². The highest BCUT2D eigenvalue weighted by Crippen LogP contribution is 2.59. The molecule has 4 aliphatic rings. The average Bonchev–Trinajstić information content (AvgIpc) is 3.14. The van der Waals surface area contributed by atoms with Crippen LogP contribution in [0, 0.1) is 48.9 Å². The van der Waals surface area contributed by atoms with Gasteiger partial charge < -0.3 is 9.88 Å². The Hall–Kier alpha value is -3.10. The molecule has 1 amide bonds. The fourth-order valence-corrected chi connectivity index (χ4v) is 8.11. The molecule has 188 valence electrons. The number of rotatable bonds is 5. The number of nitrogens with one attached hydrogen (secondary N) is 1. The van der Waals surface area contributed by atoms with Gasteiger partial charge in [0.1, 0.15) is 11.6 Å². The van der Waals surface area contributed by atoms with Crippen LogP contribution >= 0.6 is 15.9 Å². The Bertz CT molecular complexity index is 1400. The van der Waals surface area contributed by atoms with Crippen LogP contribution in [0.2, 0.25) is 0 Å². The highest BCUT2D eigenvalue weighted by atomic mass is 79.9. The predicted octanol–water partition coefficient (Wildman–Crippen LogP) is 7.94. The number of carbonyl (C=O) groups is 1. The quantitative estimate of drug-likeness (QED) is 0.257. The summed E-state index contributed by atoms with van der Waals surface area (Å²) in [7, 11) is 0. The van der Waals surface area contributed by atoms with Crippen LogP contribution in [0.5, 0.6) is 0 Å². The van der Waals surface area contributed by atoms with Gasteiger partial charge in [0.15, 0.2) is 0 Å². The van der Waals surface area contributed by atoms with Gasteiger partial charge in [-0.15, -0.1) is 0 Å². The number of halogens is 1. The Balaban J connectivity index is 1.24. The van der Waals surface area contributed by atoms with Crippen molar-refractivity contribution in [3.63, 3.8) is 0 Å². The normalized spacial score (nSPS) is 26.2. The van der Waals surface area contributed by atoms with Gasteiger partial charge in [-0.1, -0.05) is 34.1 Å². The van der Waals surface area contributed by atoms with Crippen molar-refractivity contribution in [2.45, 2.75) is 51.9 Å². The number of nitriles is 1. The van der Waals surface area contributed by atoms with E-state index in [1.54, 1.807) is 12.1 Å². The van der Waals surface area contributed by atoms with E-state index in [1.165, 1.54) is 37.7 Å². The smallest absolute Gasteiger partial charge is 0.266 e. The zero-order chi connectivity index (χ0) is 25.7. The first-order chi connectivity index (χ1) is 17.9. The molecule has 4 nitrogen and oxygen atoms in total. The summed E-state index contributed by atoms with van der Waals surface area (Å²) < 4.78 is 3.08. The van der Waals surface area contributed by atoms with Crippen molar-refractivity contribution >= 4 is 33.6 Å². The Labute approximate surface area is 227 Å². The van der Waals surface area contributed by atoms with Gasteiger partial charge in [0.2, 0.25) is 0 Å². The highest BCUT2D eigenvalue weighted by molar-refractivity contribution is 9.10. The average molecular weight is 555 g/mol. The first kappa shape index (κ1) is 24.2. The molecule has 4 saturated carbocycles. The fourth-order valence-electron chi connectivity index (χ4n) is 7.71. The van der Waals surface area contributed by atoms with Crippen LogP contribution in [0.3, 0.4) is 0 Å². The number of carbonyl (C=O) groups excluding carboxylic acids is 1. The van der Waals surface area contributed by atoms with Crippen molar-refractivity contribution in [1.29, 1.82) is 5.26 Å². The molecular weight excluding hydrogens is 522 g/mol. The molecule has 4 fully saturated rings. The molecule has 5 heteroatoms. The van der Waals surface area contributed by atoms with Gasteiger partial charge in [-0.05, 0) is 129 Å². The minimum atomic E-state index is -0.412. The van der Waals surface area contributed by atoms with Crippen LogP contribution in [0.4, 0.5) is 5.69 Å². The largest absolute Gasteiger partial charge is 0.321 e. The molecule has 4 aliphatic carbocycles. The molecule has 0 saturated heterocycles. The third-order valence-corrected chi connectivity index (χ3v) is 9.47. The van der Waals surface area contributed by atoms with Crippen LogP contribution in [0.1, 0.15) is 60.5 Å². The topological polar surface area (TPSA) is 57.8 Å². The zero-order valence-corrected chi connectivity index (χ0v) is 23.0. The summed E-state index contributed by atoms with van der Waals surface area (Å²) in [5.41, 5.74) is 6.33. The van der Waals surface area contributed by atoms with Gasteiger partial charge in [0.25, 0.3) is 5.91 Å². The van der Waals surface area contributed by atoms with Gasteiger partial charge in [-0.2, -0.15) is 5.26 Å². The van der Waals surface area contributed by atoms with E-state index in [-0.39, 0.29) is 5.57 Å². The number of aryl methyl sites for hydroxylation is 1. The molecule has 0 aliphatic heterocycles. The SMILES string of the molecule is Cc1cc(/C=C(\C#N)C(=O)Nc2cccc(Br)c2)c(C)n1-c1ccc(C2C3CC4CC(C3)CC2C4)cc1. The van der Waals surface area contributed by atoms with Gasteiger partial charge in [-0.3, -0.25) is 4.79 Å². The summed E-state index contributed by atoms with van der Waals surface area (Å²) in [6, 6.07) is 20.7. The predicted molar refractivity (Wildman–Crippen MR) is 151 cm³/mol. The summed E-state index contributed by atoms with van der Waals surface area (Å²) in [4.78, 5) is 12.8. The molecule has 4 bridgehead atoms. The lowest BCUT2D eigenvalue weighted by Gasteiger charge is -2.54. The minimum absolute atomic E-state index is 0.0810. The number of aromatic nitrogens is 1. The third-order valence-electron chi connectivity index (χ3n) is 8.98. The molecule has 1 heterocycles. The van der Waals surface area contributed by atoms with Crippen molar-refractivity contribution in [1.82, 2.24) is 4.57 Å². The molecule has 0 radical (unpaired) electrons. The van der Waals surface area contributed by atoms with Gasteiger partial charge >= 0.3 is 0 Å². The maximum atomic E-state index is 12.8. The second-order valence-corrected chi connectivity index (χ2v) is 12.3. The summed E-state index contributed by atoms with van der Waals surface area (Å²) >= 11 is 3.41. The monoisotopic (exact) mass is 553 g/mol. The number of nitrogens with zero attached hydrogens (tertiary/aromatic N) is 2. The Morgan fingerprint density at radius 3 is 2.30 bits per heavy atom. The van der Waals surface area contributed by atoms with Crippen molar-refractivity contribution in [2.75, 3.05) is 5.32 Å². The van der Waals surface area contributed by atoms with Gasteiger partial charge in [0.05, 0.1) is 0 Å². The number of amides is 1. The van der Waals surface area contributed by atoms with E-state index >= 15 is 0 Å². The maximum absolute atomic E-state index is 12.8. The number of anilines is 1. The molecule has 7 rings (SSSR count). The Morgan fingerprint density at radius 2 is 1.68 bits per heavy atom. The number of hydrogen-bond acceptors (Lipinski definition) is 2. The molecule has 0 unspecified atom stereocenters. The van der Waals surface area contributed by atoms with Gasteiger partial charge in [-0.25, -0.2) is 0 Å². The fraction of sp³-hybridized carbons (Fsp3) is 0.375. The number of hydrogen-bond donors (Lipinski definition) is 1. The van der Waals surface area contributed by atoms with Crippen molar-refractivity contribution < 1.29 is 4.79 Å². The van der Waals surface area contributed by atoms with Crippen LogP contribution < -0.4 is 5.32 Å². The minimum Gasteiger partial charge on any atom is -0.321 e. The van der Waals surface area contributed by atoms with E-state index in [4.69, 9.17) is 0 Å². The lowest BCUT2D eigenvalue weighted by molar-refractivity contribution is -0.112. The van der Waals surface area contributed by atoms with E-state index in [9.17, 15) is 10.1 Å². The van der Waals surface area contributed by atoms with E-state index < -0.39 is 5.91 Å². The Morgan fingerprint density at radius 1 is 1.00 bits per heavy atom. The summed E-state index contributed by atoms with van der Waals surface area (Å²) in [6.07, 6.45) is 8.90. The van der Waals surface area contributed by atoms with Crippen molar-refractivity contribution in [3.05, 3.63) is 87.2 Å². The summed E-state index contributed by atoms with van der Waals surface area (Å²) in [5.74, 6) is 4.05. The molecule has 1 N–H and O–H groups in total. The molecule has 37 heavy (non-hydrogen) atoms. The highest BCUT2D eigenvalue weighted by Gasteiger charge is 2.48. The summed E-state index contributed by atoms with van der Waals surface area (Å²) in [5, 5.41) is 12.5. The van der Waals surface area contributed by atoms with E-state index in [0.717, 1.165) is 56.7 Å². The lowest BCUT2D eigenvalue weighted by Crippen LogP contribution is -2.43. The lowest BCUT2D eigenvalue weighted by atomic mass is 9.51. The first-order valence-electron chi connectivity index (χ1n) is 13.4. The number of benzene rings is 2. The van der Waals surface area contributed by atoms with Crippen LogP contribution in [-0.2, 0) is 4.79 Å². The van der Waals surface area contributed by atoms with Crippen molar-refractivity contribution in [3.8, 4) is 11.8 Å². The first-order valence-corrected chi connectivity index (χ1v) is 14.2. The molecule has 3 aromatic rings. The second kappa shape index (κ2) is 9.65. The molecular formula is C32H32BrN3O. The van der Waals surface area contributed by atoms with Crippen LogP contribution in [0.25, 0.3) is 11.8 Å². The standard InChI is InChI=1S/C32H32BrN3O/c1-19-10-24(16-27(18-34)32(37)35-29-5-3-4-28(33)17-29)20(2)36(19)30-8-6-23(7-9-30)31-25-12-21-11-22(14-25)15-26(31)13-21/h3-10,16-17,21-22,25-26,31H,11-15H2,1-2H3,(H,35,37)/b27-16+. The Kier molecular flexibility index (Phi) is 6.32. The van der Waals surface area contributed by atoms with Crippen LogP contribution in [-0.4, -0.2) is 10.5 Å². The second-order valence-electron chi connectivity index (χ2n) is 11.3. The molecule has 1 aromatic heterocycles. The summed E-state index contributed by atoms with van der Waals surface area (Å²) in [6.45, 7) is 4.12. The third kappa shape index (κ3) is 4.57. The zero-order valence-electron chi connectivity index (χ0n) is 21.4. The molecule has 0 spiro atoms. The van der Waals surface area contributed by atoms with E-state index in [2.05, 4.69) is 63.1 Å². The molecule has 0 atom stereocenters. The maximum Gasteiger partial charge on any atom is 0.266 e. The molecule has 2 aromatic carbocycles. The van der Waals surface area contributed by atoms with E-state index in [0.29, 0.717) is 5.69 Å². The van der Waals surface area contributed by atoms with E-state index in [1.807, 2.05) is 31.2 Å². The van der Waals surface area contributed by atoms with Gasteiger partial charge in [0, 0.05) is 27.2 Å².